The first-order valence-electron chi connectivity index (χ1n) is 7.62. The number of nitrogens with one attached hydrogen (secondary N) is 1. The van der Waals surface area contributed by atoms with Crippen molar-refractivity contribution in [2.45, 2.75) is 13.0 Å². The van der Waals surface area contributed by atoms with Crippen molar-refractivity contribution in [2.75, 3.05) is 7.11 Å². The smallest absolute Gasteiger partial charge is 0.224 e. The Morgan fingerprint density at radius 3 is 2.88 bits per heavy atom. The van der Waals surface area contributed by atoms with Crippen LogP contribution in [0.4, 0.5) is 0 Å². The van der Waals surface area contributed by atoms with Gasteiger partial charge in [0.25, 0.3) is 0 Å². The summed E-state index contributed by atoms with van der Waals surface area (Å²) in [7, 11) is 1.61. The fraction of sp³-hybridized carbons (Fsp3) is 0.158. The zero-order chi connectivity index (χ0) is 16.8. The van der Waals surface area contributed by atoms with Gasteiger partial charge in [-0.2, -0.15) is 0 Å². The van der Waals surface area contributed by atoms with Crippen molar-refractivity contribution < 1.29 is 13.9 Å². The lowest BCUT2D eigenvalue weighted by molar-refractivity contribution is -0.120. The molecule has 0 saturated heterocycles. The van der Waals surface area contributed by atoms with Gasteiger partial charge in [-0.3, -0.25) is 9.78 Å². The molecule has 0 saturated carbocycles. The third-order valence-electron chi connectivity index (χ3n) is 3.59. The van der Waals surface area contributed by atoms with E-state index in [0.29, 0.717) is 13.0 Å². The number of benzene rings is 1. The van der Waals surface area contributed by atoms with Gasteiger partial charge < -0.3 is 14.5 Å². The van der Waals surface area contributed by atoms with Gasteiger partial charge in [0, 0.05) is 24.5 Å². The maximum Gasteiger partial charge on any atom is 0.224 e. The fourth-order valence-electron chi connectivity index (χ4n) is 2.39. The molecule has 2 heterocycles. The number of furan rings is 1. The third kappa shape index (κ3) is 4.01. The first-order chi connectivity index (χ1) is 11.7. The standard InChI is InChI=1S/C19H18N2O3/c1-23-17-5-2-4-14(9-17)10-19(22)21-12-15-8-16(13-20-11-15)18-6-3-7-24-18/h2-9,11,13H,10,12H2,1H3,(H,21,22). The van der Waals surface area contributed by atoms with E-state index in [0.717, 1.165) is 28.2 Å². The maximum atomic E-state index is 12.1. The molecule has 24 heavy (non-hydrogen) atoms. The molecule has 0 radical (unpaired) electrons. The first-order valence-corrected chi connectivity index (χ1v) is 7.62. The molecule has 1 amide bonds. The molecule has 0 unspecified atom stereocenters. The van der Waals surface area contributed by atoms with E-state index in [2.05, 4.69) is 10.3 Å². The highest BCUT2D eigenvalue weighted by molar-refractivity contribution is 5.78. The van der Waals surface area contributed by atoms with E-state index < -0.39 is 0 Å². The van der Waals surface area contributed by atoms with Crippen molar-refractivity contribution in [3.8, 4) is 17.1 Å². The molecule has 3 rings (SSSR count). The van der Waals surface area contributed by atoms with Gasteiger partial charge in [0.2, 0.25) is 5.91 Å². The molecule has 0 aliphatic rings. The highest BCUT2D eigenvalue weighted by atomic mass is 16.5. The van der Waals surface area contributed by atoms with Gasteiger partial charge in [-0.1, -0.05) is 12.1 Å². The van der Waals surface area contributed by atoms with Crippen LogP contribution in [0.25, 0.3) is 11.3 Å². The minimum atomic E-state index is -0.0494. The Morgan fingerprint density at radius 2 is 2.08 bits per heavy atom. The second-order valence-corrected chi connectivity index (χ2v) is 5.36. The topological polar surface area (TPSA) is 64.4 Å². The summed E-state index contributed by atoms with van der Waals surface area (Å²) >= 11 is 0. The summed E-state index contributed by atoms with van der Waals surface area (Å²) < 4.78 is 10.5. The SMILES string of the molecule is COc1cccc(CC(=O)NCc2cncc(-c3ccco3)c2)c1. The molecule has 1 N–H and O–H groups in total. The Balaban J connectivity index is 1.59. The average molecular weight is 322 g/mol. The zero-order valence-corrected chi connectivity index (χ0v) is 13.4. The van der Waals surface area contributed by atoms with Crippen molar-refractivity contribution in [3.63, 3.8) is 0 Å². The van der Waals surface area contributed by atoms with Crippen LogP contribution in [0.15, 0.2) is 65.5 Å². The molecule has 3 aromatic rings. The predicted molar refractivity (Wildman–Crippen MR) is 90.5 cm³/mol. The van der Waals surface area contributed by atoms with Crippen LogP contribution >= 0.6 is 0 Å². The van der Waals surface area contributed by atoms with Gasteiger partial charge in [0.05, 0.1) is 19.8 Å². The summed E-state index contributed by atoms with van der Waals surface area (Å²) in [5, 5.41) is 2.91. The molecule has 2 aromatic heterocycles. The number of amides is 1. The molecule has 0 fully saturated rings. The molecule has 0 atom stereocenters. The molecular formula is C19H18N2O3. The van der Waals surface area contributed by atoms with Crippen LogP contribution in [0.1, 0.15) is 11.1 Å². The van der Waals surface area contributed by atoms with Gasteiger partial charge in [-0.25, -0.2) is 0 Å². The highest BCUT2D eigenvalue weighted by Gasteiger charge is 2.06. The number of nitrogens with zero attached hydrogens (tertiary/aromatic N) is 1. The number of rotatable bonds is 6. The van der Waals surface area contributed by atoms with E-state index in [1.807, 2.05) is 42.5 Å². The summed E-state index contributed by atoms with van der Waals surface area (Å²) in [5.74, 6) is 1.45. The lowest BCUT2D eigenvalue weighted by atomic mass is 10.1. The van der Waals surface area contributed by atoms with Gasteiger partial charge in [-0.15, -0.1) is 0 Å². The van der Waals surface area contributed by atoms with Crippen LogP contribution in [-0.4, -0.2) is 18.0 Å². The van der Waals surface area contributed by atoms with Crippen molar-refractivity contribution in [2.24, 2.45) is 0 Å². The van der Waals surface area contributed by atoms with E-state index in [-0.39, 0.29) is 5.91 Å². The largest absolute Gasteiger partial charge is 0.497 e. The zero-order valence-electron chi connectivity index (χ0n) is 13.4. The van der Waals surface area contributed by atoms with E-state index in [1.165, 1.54) is 0 Å². The monoisotopic (exact) mass is 322 g/mol. The van der Waals surface area contributed by atoms with Gasteiger partial charge >= 0.3 is 0 Å². The van der Waals surface area contributed by atoms with Crippen molar-refractivity contribution in [1.82, 2.24) is 10.3 Å². The number of carbonyl (C=O) groups is 1. The molecular weight excluding hydrogens is 304 g/mol. The Bertz CT molecular complexity index is 813. The number of pyridine rings is 1. The van der Waals surface area contributed by atoms with Gasteiger partial charge in [0.1, 0.15) is 11.5 Å². The average Bonchev–Trinajstić information content (AvgIpc) is 3.15. The summed E-state index contributed by atoms with van der Waals surface area (Å²) in [4.78, 5) is 16.3. The highest BCUT2D eigenvalue weighted by Crippen LogP contribution is 2.19. The van der Waals surface area contributed by atoms with Crippen molar-refractivity contribution in [1.29, 1.82) is 0 Å². The van der Waals surface area contributed by atoms with Crippen LogP contribution < -0.4 is 10.1 Å². The van der Waals surface area contributed by atoms with Crippen LogP contribution in [0, 0.1) is 0 Å². The molecule has 0 bridgehead atoms. The Kier molecular flexibility index (Phi) is 4.91. The molecule has 122 valence electrons. The normalized spacial score (nSPS) is 10.4. The number of carbonyl (C=O) groups excluding carboxylic acids is 1. The quantitative estimate of drug-likeness (QED) is 0.757. The number of ether oxygens (including phenoxy) is 1. The van der Waals surface area contributed by atoms with Gasteiger partial charge in [-0.05, 0) is 41.5 Å². The van der Waals surface area contributed by atoms with E-state index in [4.69, 9.17) is 9.15 Å². The summed E-state index contributed by atoms with van der Waals surface area (Å²) in [5.41, 5.74) is 2.72. The van der Waals surface area contributed by atoms with Crippen LogP contribution in [0.5, 0.6) is 5.75 Å². The number of hydrogen-bond donors (Lipinski definition) is 1. The minimum absolute atomic E-state index is 0.0494. The second kappa shape index (κ2) is 7.46. The van der Waals surface area contributed by atoms with E-state index in [1.54, 1.807) is 25.8 Å². The molecule has 0 aliphatic carbocycles. The van der Waals surface area contributed by atoms with Gasteiger partial charge in [0.15, 0.2) is 0 Å². The molecule has 5 heteroatoms. The van der Waals surface area contributed by atoms with Crippen LogP contribution in [0.3, 0.4) is 0 Å². The Labute approximate surface area is 140 Å². The predicted octanol–water partition coefficient (Wildman–Crippen LogP) is 3.21. The van der Waals surface area contributed by atoms with E-state index in [9.17, 15) is 4.79 Å². The molecule has 1 aromatic carbocycles. The lowest BCUT2D eigenvalue weighted by Gasteiger charge is -2.07. The first kappa shape index (κ1) is 15.8. The van der Waals surface area contributed by atoms with Crippen molar-refractivity contribution >= 4 is 5.91 Å². The summed E-state index contributed by atoms with van der Waals surface area (Å²) in [6.07, 6.45) is 5.40. The number of aromatic nitrogens is 1. The van der Waals surface area contributed by atoms with E-state index >= 15 is 0 Å². The Morgan fingerprint density at radius 1 is 1.17 bits per heavy atom. The minimum Gasteiger partial charge on any atom is -0.497 e. The third-order valence-corrected chi connectivity index (χ3v) is 3.59. The molecule has 5 nitrogen and oxygen atoms in total. The molecule has 0 spiro atoms. The molecule has 0 aliphatic heterocycles. The summed E-state index contributed by atoms with van der Waals surface area (Å²) in [6.45, 7) is 0.421. The second-order valence-electron chi connectivity index (χ2n) is 5.36. The Hall–Kier alpha value is -3.08. The van der Waals surface area contributed by atoms with Crippen LogP contribution in [-0.2, 0) is 17.8 Å². The fourth-order valence-corrected chi connectivity index (χ4v) is 2.39. The van der Waals surface area contributed by atoms with Crippen molar-refractivity contribution in [3.05, 3.63) is 72.2 Å². The van der Waals surface area contributed by atoms with Crippen LogP contribution in [0.2, 0.25) is 0 Å². The summed E-state index contributed by atoms with van der Waals surface area (Å²) in [6, 6.07) is 13.2. The number of methoxy groups -OCH3 is 1. The number of hydrogen-bond acceptors (Lipinski definition) is 4. The maximum absolute atomic E-state index is 12.1. The lowest BCUT2D eigenvalue weighted by Crippen LogP contribution is -2.24.